The maximum absolute atomic E-state index is 12.1. The van der Waals surface area contributed by atoms with Gasteiger partial charge in [0.15, 0.2) is 0 Å². The van der Waals surface area contributed by atoms with E-state index in [1.165, 1.54) is 11.3 Å². The molecule has 6 heteroatoms. The average molecular weight is 346 g/mol. The van der Waals surface area contributed by atoms with Crippen molar-refractivity contribution < 1.29 is 14.7 Å². The van der Waals surface area contributed by atoms with Crippen molar-refractivity contribution in [2.24, 2.45) is 5.92 Å². The molecule has 104 valence electrons. The van der Waals surface area contributed by atoms with Crippen molar-refractivity contribution in [3.63, 3.8) is 0 Å². The molecule has 1 aliphatic carbocycles. The predicted octanol–water partition coefficient (Wildman–Crippen LogP) is 3.27. The highest BCUT2D eigenvalue weighted by Gasteiger charge is 2.42. The lowest BCUT2D eigenvalue weighted by Crippen LogP contribution is -2.56. The Bertz CT molecular complexity index is 492. The molecule has 2 N–H and O–H groups in total. The summed E-state index contributed by atoms with van der Waals surface area (Å²) in [6.07, 6.45) is 2.67. The Morgan fingerprint density at radius 1 is 1.42 bits per heavy atom. The van der Waals surface area contributed by atoms with Crippen LogP contribution in [-0.4, -0.2) is 22.5 Å². The molecule has 0 spiro atoms. The Morgan fingerprint density at radius 3 is 2.53 bits per heavy atom. The van der Waals surface area contributed by atoms with Crippen LogP contribution < -0.4 is 5.32 Å². The van der Waals surface area contributed by atoms with Gasteiger partial charge in [0.1, 0.15) is 5.54 Å². The highest BCUT2D eigenvalue weighted by atomic mass is 79.9. The van der Waals surface area contributed by atoms with E-state index in [0.29, 0.717) is 23.6 Å². The number of hydrogen-bond donors (Lipinski definition) is 2. The maximum Gasteiger partial charge on any atom is 0.329 e. The fourth-order valence-electron chi connectivity index (χ4n) is 2.36. The van der Waals surface area contributed by atoms with E-state index >= 15 is 0 Å². The predicted molar refractivity (Wildman–Crippen MR) is 77.5 cm³/mol. The zero-order valence-corrected chi connectivity index (χ0v) is 13.0. The molecule has 2 rings (SSSR count). The number of nitrogens with one attached hydrogen (secondary N) is 1. The van der Waals surface area contributed by atoms with Crippen LogP contribution in [-0.2, 0) is 4.79 Å². The molecular formula is C13H16BrNO3S. The number of halogens is 1. The van der Waals surface area contributed by atoms with Gasteiger partial charge in [-0.1, -0.05) is 6.92 Å². The van der Waals surface area contributed by atoms with E-state index in [-0.39, 0.29) is 5.91 Å². The van der Waals surface area contributed by atoms with Crippen LogP contribution in [0.15, 0.2) is 15.9 Å². The summed E-state index contributed by atoms with van der Waals surface area (Å²) in [6.45, 7) is 2.12. The number of carbonyl (C=O) groups excluding carboxylic acids is 1. The Kier molecular flexibility index (Phi) is 4.30. The van der Waals surface area contributed by atoms with Gasteiger partial charge in [-0.15, -0.1) is 11.3 Å². The molecule has 1 saturated carbocycles. The topological polar surface area (TPSA) is 66.4 Å². The van der Waals surface area contributed by atoms with E-state index in [1.807, 2.05) is 0 Å². The average Bonchev–Trinajstić information content (AvgIpc) is 2.79. The van der Waals surface area contributed by atoms with Crippen LogP contribution in [0.5, 0.6) is 0 Å². The Labute approximate surface area is 124 Å². The summed E-state index contributed by atoms with van der Waals surface area (Å²) in [4.78, 5) is 24.2. The molecule has 1 aromatic rings. The van der Waals surface area contributed by atoms with Gasteiger partial charge in [0, 0.05) is 0 Å². The molecule has 1 aliphatic rings. The van der Waals surface area contributed by atoms with Gasteiger partial charge in [-0.3, -0.25) is 4.79 Å². The normalized spacial score (nSPS) is 26.9. The number of thiophene rings is 1. The van der Waals surface area contributed by atoms with Crippen molar-refractivity contribution in [3.8, 4) is 0 Å². The van der Waals surface area contributed by atoms with Gasteiger partial charge in [-0.25, -0.2) is 4.79 Å². The number of hydrogen-bond acceptors (Lipinski definition) is 3. The summed E-state index contributed by atoms with van der Waals surface area (Å²) >= 11 is 4.61. The summed E-state index contributed by atoms with van der Waals surface area (Å²) in [5.41, 5.74) is -1.10. The highest BCUT2D eigenvalue weighted by molar-refractivity contribution is 9.11. The molecule has 1 aromatic heterocycles. The molecule has 19 heavy (non-hydrogen) atoms. The molecule has 0 aliphatic heterocycles. The first-order chi connectivity index (χ1) is 8.93. The van der Waals surface area contributed by atoms with Crippen molar-refractivity contribution in [1.29, 1.82) is 0 Å². The fourth-order valence-corrected chi connectivity index (χ4v) is 3.64. The van der Waals surface area contributed by atoms with E-state index < -0.39 is 11.5 Å². The number of carboxylic acids is 1. The molecule has 4 nitrogen and oxygen atoms in total. The minimum Gasteiger partial charge on any atom is -0.480 e. The molecule has 0 saturated heterocycles. The maximum atomic E-state index is 12.1. The van der Waals surface area contributed by atoms with Crippen LogP contribution in [0.4, 0.5) is 0 Å². The highest BCUT2D eigenvalue weighted by Crippen LogP contribution is 2.33. The van der Waals surface area contributed by atoms with Crippen LogP contribution in [0.25, 0.3) is 0 Å². The monoisotopic (exact) mass is 345 g/mol. The third kappa shape index (κ3) is 3.17. The molecule has 0 radical (unpaired) electrons. The smallest absolute Gasteiger partial charge is 0.329 e. The first-order valence-electron chi connectivity index (χ1n) is 6.24. The van der Waals surface area contributed by atoms with Crippen molar-refractivity contribution >= 4 is 39.1 Å². The molecule has 1 amide bonds. The molecule has 1 heterocycles. The first-order valence-corrected chi connectivity index (χ1v) is 7.85. The number of aliphatic carboxylic acids is 1. The summed E-state index contributed by atoms with van der Waals surface area (Å²) in [6, 6.07) is 3.49. The van der Waals surface area contributed by atoms with Crippen LogP contribution in [0.2, 0.25) is 0 Å². The minimum absolute atomic E-state index is 0.298. The van der Waals surface area contributed by atoms with E-state index in [0.717, 1.165) is 16.6 Å². The third-order valence-corrected chi connectivity index (χ3v) is 5.31. The van der Waals surface area contributed by atoms with E-state index in [1.54, 1.807) is 12.1 Å². The van der Waals surface area contributed by atoms with E-state index in [2.05, 4.69) is 28.2 Å². The van der Waals surface area contributed by atoms with Crippen LogP contribution in [0.1, 0.15) is 42.3 Å². The Hall–Kier alpha value is -0.880. The number of amides is 1. The summed E-state index contributed by atoms with van der Waals surface area (Å²) in [5, 5.41) is 12.2. The number of carbonyl (C=O) groups is 2. The standard InChI is InChI=1S/C13H16BrNO3S/c1-8-4-6-13(7-5-8,12(17)18)15-11(16)9-2-3-10(14)19-9/h2-3,8H,4-7H2,1H3,(H,15,16)(H,17,18). The SMILES string of the molecule is CC1CCC(NC(=O)c2ccc(Br)s2)(C(=O)O)CC1. The molecule has 0 aromatic carbocycles. The van der Waals surface area contributed by atoms with E-state index in [9.17, 15) is 14.7 Å². The number of rotatable bonds is 3. The molecule has 0 atom stereocenters. The summed E-state index contributed by atoms with van der Waals surface area (Å²) in [5.74, 6) is -0.698. The van der Waals surface area contributed by atoms with E-state index in [4.69, 9.17) is 0 Å². The lowest BCUT2D eigenvalue weighted by Gasteiger charge is -2.36. The van der Waals surface area contributed by atoms with Crippen molar-refractivity contribution in [3.05, 3.63) is 20.8 Å². The fraction of sp³-hybridized carbons (Fsp3) is 0.538. The van der Waals surface area contributed by atoms with Crippen molar-refractivity contribution in [1.82, 2.24) is 5.32 Å². The van der Waals surface area contributed by atoms with Crippen molar-refractivity contribution in [2.75, 3.05) is 0 Å². The molecule has 1 fully saturated rings. The summed E-state index contributed by atoms with van der Waals surface area (Å²) in [7, 11) is 0. The summed E-state index contributed by atoms with van der Waals surface area (Å²) < 4.78 is 0.860. The van der Waals surface area contributed by atoms with Crippen LogP contribution in [0, 0.1) is 5.92 Å². The first kappa shape index (κ1) is 14.5. The Morgan fingerprint density at radius 2 is 2.05 bits per heavy atom. The van der Waals surface area contributed by atoms with Crippen LogP contribution in [0.3, 0.4) is 0 Å². The minimum atomic E-state index is -1.10. The third-order valence-electron chi connectivity index (χ3n) is 3.69. The molecule has 0 bridgehead atoms. The second-order valence-electron chi connectivity index (χ2n) is 5.13. The second-order valence-corrected chi connectivity index (χ2v) is 7.59. The van der Waals surface area contributed by atoms with Gasteiger partial charge in [0.25, 0.3) is 5.91 Å². The Balaban J connectivity index is 2.13. The van der Waals surface area contributed by atoms with Gasteiger partial charge in [-0.2, -0.15) is 0 Å². The van der Waals surface area contributed by atoms with Gasteiger partial charge < -0.3 is 10.4 Å². The largest absolute Gasteiger partial charge is 0.480 e. The van der Waals surface area contributed by atoms with Gasteiger partial charge >= 0.3 is 5.97 Å². The van der Waals surface area contributed by atoms with Crippen molar-refractivity contribution in [2.45, 2.75) is 38.1 Å². The van der Waals surface area contributed by atoms with Gasteiger partial charge in [-0.05, 0) is 59.7 Å². The van der Waals surface area contributed by atoms with Crippen LogP contribution >= 0.6 is 27.3 Å². The lowest BCUT2D eigenvalue weighted by molar-refractivity contribution is -0.146. The quantitative estimate of drug-likeness (QED) is 0.883. The number of carboxylic acid groups (broad SMARTS) is 1. The zero-order chi connectivity index (χ0) is 14.0. The molecular weight excluding hydrogens is 330 g/mol. The lowest BCUT2D eigenvalue weighted by atomic mass is 9.77. The second kappa shape index (κ2) is 5.63. The molecule has 0 unspecified atom stereocenters. The van der Waals surface area contributed by atoms with Gasteiger partial charge in [0.2, 0.25) is 0 Å². The van der Waals surface area contributed by atoms with Gasteiger partial charge in [0.05, 0.1) is 8.66 Å². The zero-order valence-electron chi connectivity index (χ0n) is 10.6.